The number of nitrogens with one attached hydrogen (secondary N) is 2. The Hall–Kier alpha value is -1.79. The first-order valence-electron chi connectivity index (χ1n) is 6.47. The molecule has 2 unspecified atom stereocenters. The topological polar surface area (TPSA) is 98.7 Å². The van der Waals surface area contributed by atoms with Gasteiger partial charge in [0.15, 0.2) is 0 Å². The Bertz CT molecular complexity index is 359. The Morgan fingerprint density at radius 3 is 2.58 bits per heavy atom. The van der Waals surface area contributed by atoms with Gasteiger partial charge in [-0.05, 0) is 18.8 Å². The third-order valence-corrected chi connectivity index (χ3v) is 3.51. The molecule has 0 saturated carbocycles. The minimum Gasteiger partial charge on any atom is -0.480 e. The number of rotatable bonds is 4. The highest BCUT2D eigenvalue weighted by molar-refractivity contribution is 5.86. The van der Waals surface area contributed by atoms with Crippen LogP contribution >= 0.6 is 0 Å². The average molecular weight is 271 g/mol. The van der Waals surface area contributed by atoms with E-state index in [1.54, 1.807) is 0 Å². The van der Waals surface area contributed by atoms with Gasteiger partial charge >= 0.3 is 12.0 Å². The molecule has 0 bridgehead atoms. The second-order valence-electron chi connectivity index (χ2n) is 4.68. The molecule has 2 atom stereocenters. The number of carbonyl (C=O) groups excluding carboxylic acids is 2. The lowest BCUT2D eigenvalue weighted by Crippen LogP contribution is -2.54. The average Bonchev–Trinajstić information content (AvgIpc) is 2.43. The minimum atomic E-state index is -0.992. The minimum absolute atomic E-state index is 0.143. The van der Waals surface area contributed by atoms with Crippen LogP contribution < -0.4 is 10.6 Å². The molecule has 0 aromatic carbocycles. The second-order valence-corrected chi connectivity index (χ2v) is 4.68. The van der Waals surface area contributed by atoms with E-state index in [1.165, 1.54) is 11.9 Å². The maximum atomic E-state index is 11.9. The van der Waals surface area contributed by atoms with Gasteiger partial charge < -0.3 is 20.6 Å². The normalized spacial score (nSPS) is 22.7. The maximum absolute atomic E-state index is 11.9. The number of carboxylic acids is 1. The van der Waals surface area contributed by atoms with Crippen molar-refractivity contribution >= 4 is 17.9 Å². The number of likely N-dealkylation sites (N-methyl/N-ethyl adjacent to an activating group) is 1. The van der Waals surface area contributed by atoms with Crippen LogP contribution in [-0.4, -0.2) is 54.1 Å². The molecule has 1 aliphatic heterocycles. The quantitative estimate of drug-likeness (QED) is 0.671. The van der Waals surface area contributed by atoms with E-state index in [0.717, 1.165) is 12.8 Å². The van der Waals surface area contributed by atoms with Crippen LogP contribution in [0.25, 0.3) is 0 Å². The van der Waals surface area contributed by atoms with Crippen molar-refractivity contribution in [2.75, 3.05) is 20.1 Å². The van der Waals surface area contributed by atoms with Crippen molar-refractivity contribution in [2.24, 2.45) is 5.92 Å². The summed E-state index contributed by atoms with van der Waals surface area (Å²) in [4.78, 5) is 35.5. The number of likely N-dealkylation sites (tertiary alicyclic amines) is 1. The Labute approximate surface area is 112 Å². The zero-order valence-electron chi connectivity index (χ0n) is 11.3. The molecule has 7 nitrogen and oxygen atoms in total. The number of amides is 3. The number of urea groups is 1. The molecule has 19 heavy (non-hydrogen) atoms. The van der Waals surface area contributed by atoms with Gasteiger partial charge in [0.25, 0.3) is 0 Å². The maximum Gasteiger partial charge on any atom is 0.326 e. The fourth-order valence-corrected chi connectivity index (χ4v) is 2.23. The van der Waals surface area contributed by atoms with Crippen molar-refractivity contribution in [2.45, 2.75) is 32.2 Å². The highest BCUT2D eigenvalue weighted by Crippen LogP contribution is 2.25. The highest BCUT2D eigenvalue weighted by Gasteiger charge is 2.35. The van der Waals surface area contributed by atoms with E-state index < -0.39 is 18.0 Å². The van der Waals surface area contributed by atoms with Gasteiger partial charge in [0.2, 0.25) is 5.91 Å². The van der Waals surface area contributed by atoms with Crippen LogP contribution in [0.5, 0.6) is 0 Å². The lowest BCUT2D eigenvalue weighted by Gasteiger charge is -2.36. The van der Waals surface area contributed by atoms with Crippen LogP contribution in [0.1, 0.15) is 26.2 Å². The largest absolute Gasteiger partial charge is 0.480 e. The predicted molar refractivity (Wildman–Crippen MR) is 68.6 cm³/mol. The summed E-state index contributed by atoms with van der Waals surface area (Å²) >= 11 is 0. The van der Waals surface area contributed by atoms with Crippen LogP contribution in [0.2, 0.25) is 0 Å². The first-order chi connectivity index (χ1) is 8.99. The molecule has 1 fully saturated rings. The fourth-order valence-electron chi connectivity index (χ4n) is 2.23. The molecule has 1 saturated heterocycles. The summed E-state index contributed by atoms with van der Waals surface area (Å²) < 4.78 is 0. The summed E-state index contributed by atoms with van der Waals surface area (Å²) in [6.45, 7) is 2.29. The number of aliphatic carboxylic acids is 1. The molecule has 1 aliphatic rings. The van der Waals surface area contributed by atoms with E-state index in [9.17, 15) is 19.5 Å². The van der Waals surface area contributed by atoms with Gasteiger partial charge in [-0.25, -0.2) is 9.59 Å². The molecule has 0 spiro atoms. The second kappa shape index (κ2) is 6.96. The number of piperidine rings is 1. The molecular weight excluding hydrogens is 250 g/mol. The fraction of sp³-hybridized carbons (Fsp3) is 0.750. The molecule has 0 aromatic heterocycles. The van der Waals surface area contributed by atoms with Crippen LogP contribution in [0, 0.1) is 5.92 Å². The van der Waals surface area contributed by atoms with Crippen LogP contribution in [0.15, 0.2) is 0 Å². The zero-order chi connectivity index (χ0) is 14.4. The first kappa shape index (κ1) is 15.3. The predicted octanol–water partition coefficient (Wildman–Crippen LogP) is 0.0172. The van der Waals surface area contributed by atoms with E-state index in [-0.39, 0.29) is 12.5 Å². The smallest absolute Gasteiger partial charge is 0.326 e. The summed E-state index contributed by atoms with van der Waals surface area (Å²) in [6, 6.07) is -1.30. The SMILES string of the molecule is CCC1CCN(C(=O)NCC(=O)NC)C(C(=O)O)C1. The van der Waals surface area contributed by atoms with Crippen molar-refractivity contribution in [3.05, 3.63) is 0 Å². The molecule has 1 heterocycles. The van der Waals surface area contributed by atoms with Gasteiger partial charge in [-0.2, -0.15) is 0 Å². The van der Waals surface area contributed by atoms with Gasteiger partial charge in [0.05, 0.1) is 6.54 Å². The standard InChI is InChI=1S/C12H21N3O4/c1-3-8-4-5-15(9(6-8)11(17)18)12(19)14-7-10(16)13-2/h8-9H,3-7H2,1-2H3,(H,13,16)(H,14,19)(H,17,18). The number of hydrogen-bond acceptors (Lipinski definition) is 3. The van der Waals surface area contributed by atoms with E-state index in [0.29, 0.717) is 18.9 Å². The molecular formula is C12H21N3O4. The van der Waals surface area contributed by atoms with Gasteiger partial charge in [-0.15, -0.1) is 0 Å². The molecule has 3 N–H and O–H groups in total. The lowest BCUT2D eigenvalue weighted by atomic mass is 9.89. The number of carbonyl (C=O) groups is 3. The van der Waals surface area contributed by atoms with Crippen molar-refractivity contribution in [3.63, 3.8) is 0 Å². The lowest BCUT2D eigenvalue weighted by molar-refractivity contribution is -0.144. The van der Waals surface area contributed by atoms with E-state index in [4.69, 9.17) is 0 Å². The summed E-state index contributed by atoms with van der Waals surface area (Å²) in [5.74, 6) is -0.971. The van der Waals surface area contributed by atoms with Crippen molar-refractivity contribution in [1.82, 2.24) is 15.5 Å². The number of nitrogens with zero attached hydrogens (tertiary/aromatic N) is 1. The highest BCUT2D eigenvalue weighted by atomic mass is 16.4. The van der Waals surface area contributed by atoms with Gasteiger partial charge in [0, 0.05) is 13.6 Å². The molecule has 0 aromatic rings. The van der Waals surface area contributed by atoms with E-state index >= 15 is 0 Å². The summed E-state index contributed by atoms with van der Waals surface area (Å²) in [6.07, 6.45) is 2.18. The zero-order valence-corrected chi connectivity index (χ0v) is 11.3. The summed E-state index contributed by atoms with van der Waals surface area (Å²) in [7, 11) is 1.47. The molecule has 0 radical (unpaired) electrons. The molecule has 0 aliphatic carbocycles. The van der Waals surface area contributed by atoms with Crippen LogP contribution in [0.4, 0.5) is 4.79 Å². The molecule has 7 heteroatoms. The molecule has 1 rings (SSSR count). The van der Waals surface area contributed by atoms with Crippen LogP contribution in [-0.2, 0) is 9.59 Å². The van der Waals surface area contributed by atoms with E-state index in [1.807, 2.05) is 6.92 Å². The van der Waals surface area contributed by atoms with Crippen molar-refractivity contribution in [3.8, 4) is 0 Å². The Morgan fingerprint density at radius 1 is 1.37 bits per heavy atom. The Kier molecular flexibility index (Phi) is 5.59. The Morgan fingerprint density at radius 2 is 2.05 bits per heavy atom. The van der Waals surface area contributed by atoms with Crippen LogP contribution in [0.3, 0.4) is 0 Å². The third-order valence-electron chi connectivity index (χ3n) is 3.51. The summed E-state index contributed by atoms with van der Waals surface area (Å²) in [5, 5.41) is 14.0. The Balaban J connectivity index is 2.61. The van der Waals surface area contributed by atoms with Gasteiger partial charge in [0.1, 0.15) is 6.04 Å². The monoisotopic (exact) mass is 271 g/mol. The van der Waals surface area contributed by atoms with Gasteiger partial charge in [-0.3, -0.25) is 4.79 Å². The third kappa shape index (κ3) is 4.11. The van der Waals surface area contributed by atoms with Crippen molar-refractivity contribution < 1.29 is 19.5 Å². The molecule has 108 valence electrons. The number of hydrogen-bond donors (Lipinski definition) is 3. The summed E-state index contributed by atoms with van der Waals surface area (Å²) in [5.41, 5.74) is 0. The van der Waals surface area contributed by atoms with Crippen molar-refractivity contribution in [1.29, 1.82) is 0 Å². The van der Waals surface area contributed by atoms with Gasteiger partial charge in [-0.1, -0.05) is 13.3 Å². The molecule has 3 amide bonds. The first-order valence-corrected chi connectivity index (χ1v) is 6.47. The van der Waals surface area contributed by atoms with E-state index in [2.05, 4.69) is 10.6 Å². The number of carboxylic acid groups (broad SMARTS) is 1.